The van der Waals surface area contributed by atoms with Crippen LogP contribution in [-0.2, 0) is 5.41 Å². The fraction of sp³-hybridized carbons (Fsp3) is 0.429. The van der Waals surface area contributed by atoms with E-state index < -0.39 is 5.41 Å². The van der Waals surface area contributed by atoms with Crippen molar-refractivity contribution in [1.82, 2.24) is 0 Å². The van der Waals surface area contributed by atoms with Crippen LogP contribution >= 0.6 is 0 Å². The lowest BCUT2D eigenvalue weighted by atomic mass is 9.76. The van der Waals surface area contributed by atoms with E-state index in [4.69, 9.17) is 9.94 Å². The van der Waals surface area contributed by atoms with Crippen LogP contribution in [0.15, 0.2) is 23.4 Å². The smallest absolute Gasteiger partial charge is 0.211 e. The molecule has 0 fully saturated rings. The lowest BCUT2D eigenvalue weighted by Crippen LogP contribution is -2.33. The summed E-state index contributed by atoms with van der Waals surface area (Å²) in [6.45, 7) is 3.99. The van der Waals surface area contributed by atoms with E-state index in [1.54, 1.807) is 19.2 Å². The van der Waals surface area contributed by atoms with Crippen LogP contribution in [-0.4, -0.2) is 23.8 Å². The van der Waals surface area contributed by atoms with Gasteiger partial charge in [0.05, 0.1) is 7.11 Å². The van der Waals surface area contributed by atoms with Crippen molar-refractivity contribution in [1.29, 1.82) is 0 Å². The van der Waals surface area contributed by atoms with Gasteiger partial charge in [0, 0.05) is 11.0 Å². The maximum absolute atomic E-state index is 12.2. The Bertz CT molecular complexity index is 516. The molecule has 0 radical (unpaired) electrons. The number of methoxy groups -OCH3 is 1. The van der Waals surface area contributed by atoms with Gasteiger partial charge in [-0.05, 0) is 36.6 Å². The highest BCUT2D eigenvalue weighted by Crippen LogP contribution is 2.43. The second kappa shape index (κ2) is 4.44. The molecule has 0 spiro atoms. The highest BCUT2D eigenvalue weighted by Gasteiger charge is 2.47. The first-order valence-electron chi connectivity index (χ1n) is 6.10. The van der Waals surface area contributed by atoms with Crippen molar-refractivity contribution in [3.63, 3.8) is 0 Å². The average molecular weight is 247 g/mol. The van der Waals surface area contributed by atoms with Gasteiger partial charge in [0.15, 0.2) is 0 Å². The summed E-state index contributed by atoms with van der Waals surface area (Å²) in [5, 5.41) is 12.4. The Hall–Kier alpha value is -1.84. The number of fused-ring (bicyclic) bond motifs is 1. The molecule has 0 aromatic heterocycles. The first-order valence-corrected chi connectivity index (χ1v) is 6.10. The van der Waals surface area contributed by atoms with Gasteiger partial charge in [0.1, 0.15) is 11.5 Å². The fourth-order valence-corrected chi connectivity index (χ4v) is 2.82. The number of carbonyl (C=O) groups excluding carboxylic acids is 1. The highest BCUT2D eigenvalue weighted by molar-refractivity contribution is 6.52. The molecule has 1 aromatic carbocycles. The second-order valence-electron chi connectivity index (χ2n) is 4.48. The molecule has 1 aromatic rings. The molecular weight excluding hydrogens is 230 g/mol. The van der Waals surface area contributed by atoms with E-state index in [2.05, 4.69) is 5.16 Å². The third kappa shape index (κ3) is 1.45. The SMILES string of the molecule is CCC1(CC)C(=NO)C(=O)c2ccc(OC)cc21. The molecule has 1 aliphatic carbocycles. The Morgan fingerprint density at radius 3 is 2.50 bits per heavy atom. The minimum Gasteiger partial charge on any atom is -0.497 e. The molecule has 0 saturated heterocycles. The van der Waals surface area contributed by atoms with Gasteiger partial charge < -0.3 is 9.94 Å². The molecule has 18 heavy (non-hydrogen) atoms. The Labute approximate surface area is 106 Å². The lowest BCUT2D eigenvalue weighted by molar-refractivity contribution is 0.106. The Kier molecular flexibility index (Phi) is 3.11. The molecule has 1 aliphatic rings. The quantitative estimate of drug-likeness (QED) is 0.660. The minimum absolute atomic E-state index is 0.182. The maximum atomic E-state index is 12.2. The minimum atomic E-state index is -0.490. The number of ether oxygens (including phenoxy) is 1. The zero-order valence-corrected chi connectivity index (χ0v) is 10.9. The van der Waals surface area contributed by atoms with E-state index in [1.807, 2.05) is 19.9 Å². The van der Waals surface area contributed by atoms with E-state index >= 15 is 0 Å². The summed E-state index contributed by atoms with van der Waals surface area (Å²) in [6.07, 6.45) is 1.43. The van der Waals surface area contributed by atoms with Crippen molar-refractivity contribution in [2.45, 2.75) is 32.1 Å². The predicted molar refractivity (Wildman–Crippen MR) is 68.8 cm³/mol. The van der Waals surface area contributed by atoms with Gasteiger partial charge in [0.25, 0.3) is 0 Å². The van der Waals surface area contributed by atoms with E-state index in [0.29, 0.717) is 11.3 Å². The van der Waals surface area contributed by atoms with Crippen molar-refractivity contribution >= 4 is 11.5 Å². The molecule has 0 heterocycles. The number of nitrogens with zero attached hydrogens (tertiary/aromatic N) is 1. The summed E-state index contributed by atoms with van der Waals surface area (Å²) in [7, 11) is 1.60. The number of benzene rings is 1. The van der Waals surface area contributed by atoms with E-state index in [1.165, 1.54) is 0 Å². The average Bonchev–Trinajstić information content (AvgIpc) is 2.67. The van der Waals surface area contributed by atoms with Crippen LogP contribution in [0.3, 0.4) is 0 Å². The summed E-state index contributed by atoms with van der Waals surface area (Å²) in [5.74, 6) is 0.533. The Morgan fingerprint density at radius 1 is 1.33 bits per heavy atom. The van der Waals surface area contributed by atoms with Gasteiger partial charge in [-0.2, -0.15) is 0 Å². The fourth-order valence-electron chi connectivity index (χ4n) is 2.82. The van der Waals surface area contributed by atoms with Gasteiger partial charge in [-0.25, -0.2) is 0 Å². The number of ketones is 1. The molecule has 0 atom stereocenters. The summed E-state index contributed by atoms with van der Waals surface area (Å²) < 4.78 is 5.21. The zero-order chi connectivity index (χ0) is 13.3. The lowest BCUT2D eigenvalue weighted by Gasteiger charge is -2.26. The molecule has 0 aliphatic heterocycles. The third-order valence-corrected chi connectivity index (χ3v) is 3.96. The molecule has 2 rings (SSSR count). The van der Waals surface area contributed by atoms with Gasteiger partial charge in [0.2, 0.25) is 5.78 Å². The van der Waals surface area contributed by atoms with Crippen molar-refractivity contribution in [3.8, 4) is 5.75 Å². The maximum Gasteiger partial charge on any atom is 0.211 e. The highest BCUT2D eigenvalue weighted by atomic mass is 16.5. The van der Waals surface area contributed by atoms with Gasteiger partial charge in [-0.3, -0.25) is 4.79 Å². The number of hydrogen-bond donors (Lipinski definition) is 1. The number of carbonyl (C=O) groups is 1. The van der Waals surface area contributed by atoms with Crippen molar-refractivity contribution in [3.05, 3.63) is 29.3 Å². The predicted octanol–water partition coefficient (Wildman–Crippen LogP) is 2.78. The zero-order valence-electron chi connectivity index (χ0n) is 10.9. The summed E-state index contributed by atoms with van der Waals surface area (Å²) in [4.78, 5) is 12.2. The van der Waals surface area contributed by atoms with Crippen molar-refractivity contribution in [2.24, 2.45) is 5.16 Å². The number of Topliss-reactive ketones (excluding diaryl/α,β-unsaturated/α-hetero) is 1. The van der Waals surface area contributed by atoms with E-state index in [-0.39, 0.29) is 11.5 Å². The monoisotopic (exact) mass is 247 g/mol. The summed E-state index contributed by atoms with van der Waals surface area (Å²) in [6, 6.07) is 5.38. The van der Waals surface area contributed by atoms with Crippen molar-refractivity contribution < 1.29 is 14.7 Å². The standard InChI is InChI=1S/C14H17NO3/c1-4-14(5-2)11-8-9(18-3)6-7-10(11)12(16)13(14)15-17/h6-8,17H,4-5H2,1-3H3. The summed E-state index contributed by atoms with van der Waals surface area (Å²) >= 11 is 0. The molecular formula is C14H17NO3. The van der Waals surface area contributed by atoms with Crippen molar-refractivity contribution in [2.75, 3.05) is 7.11 Å². The molecule has 0 bridgehead atoms. The molecule has 4 heteroatoms. The summed E-state index contributed by atoms with van der Waals surface area (Å²) in [5.41, 5.74) is 1.28. The molecule has 4 nitrogen and oxygen atoms in total. The first kappa shape index (κ1) is 12.6. The van der Waals surface area contributed by atoms with E-state index in [0.717, 1.165) is 18.4 Å². The molecule has 0 amide bonds. The van der Waals surface area contributed by atoms with Crippen LogP contribution in [0.5, 0.6) is 5.75 Å². The first-order chi connectivity index (χ1) is 8.64. The second-order valence-corrected chi connectivity index (χ2v) is 4.48. The van der Waals surface area contributed by atoms with Gasteiger partial charge in [-0.1, -0.05) is 19.0 Å². The van der Waals surface area contributed by atoms with Crippen LogP contribution < -0.4 is 4.74 Å². The normalized spacial score (nSPS) is 19.1. The molecule has 1 N–H and O–H groups in total. The van der Waals surface area contributed by atoms with Gasteiger partial charge in [-0.15, -0.1) is 0 Å². The molecule has 96 valence electrons. The largest absolute Gasteiger partial charge is 0.497 e. The number of hydrogen-bond acceptors (Lipinski definition) is 4. The molecule has 0 saturated carbocycles. The Morgan fingerprint density at radius 2 is 2.00 bits per heavy atom. The van der Waals surface area contributed by atoms with Crippen LogP contribution in [0.1, 0.15) is 42.6 Å². The topological polar surface area (TPSA) is 58.9 Å². The number of rotatable bonds is 3. The van der Waals surface area contributed by atoms with Crippen LogP contribution in [0.2, 0.25) is 0 Å². The Balaban J connectivity index is 2.72. The van der Waals surface area contributed by atoms with Crippen LogP contribution in [0.4, 0.5) is 0 Å². The number of oxime groups is 1. The van der Waals surface area contributed by atoms with E-state index in [9.17, 15) is 4.79 Å². The molecule has 0 unspecified atom stereocenters. The van der Waals surface area contributed by atoms with Crippen LogP contribution in [0, 0.1) is 0 Å². The third-order valence-electron chi connectivity index (χ3n) is 3.96. The van der Waals surface area contributed by atoms with Gasteiger partial charge >= 0.3 is 0 Å². The van der Waals surface area contributed by atoms with Crippen LogP contribution in [0.25, 0.3) is 0 Å².